The van der Waals surface area contributed by atoms with Crippen LogP contribution in [0.25, 0.3) is 65.7 Å². The van der Waals surface area contributed by atoms with Gasteiger partial charge in [0.15, 0.2) is 6.29 Å². The second-order valence-corrected chi connectivity index (χ2v) is 14.3. The summed E-state index contributed by atoms with van der Waals surface area (Å²) in [5.41, 5.74) is 13.7. The summed E-state index contributed by atoms with van der Waals surface area (Å²) in [6.07, 6.45) is 4.76. The zero-order chi connectivity index (χ0) is 37.5. The number of para-hydroxylation sites is 2. The Morgan fingerprint density at radius 3 is 1.82 bits per heavy atom. The number of aldehydes is 1. The monoisotopic (exact) mass is 711 g/mol. The Kier molecular flexibility index (Phi) is 8.84. The number of anilines is 2. The van der Waals surface area contributed by atoms with Gasteiger partial charge in [0.25, 0.3) is 0 Å². The molecular formula is C52H41NO2. The predicted octanol–water partition coefficient (Wildman–Crippen LogP) is 14.4. The molecule has 266 valence electrons. The molecule has 0 saturated heterocycles. The van der Waals surface area contributed by atoms with E-state index in [9.17, 15) is 4.79 Å². The van der Waals surface area contributed by atoms with Crippen molar-refractivity contribution in [2.45, 2.75) is 33.6 Å². The van der Waals surface area contributed by atoms with Crippen LogP contribution in [0, 0.1) is 6.92 Å². The van der Waals surface area contributed by atoms with Crippen LogP contribution in [0.15, 0.2) is 174 Å². The Hall–Kier alpha value is -6.71. The molecule has 0 unspecified atom stereocenters. The Labute approximate surface area is 321 Å². The molecular weight excluding hydrogens is 671 g/mol. The van der Waals surface area contributed by atoms with E-state index in [0.29, 0.717) is 5.56 Å². The van der Waals surface area contributed by atoms with Gasteiger partial charge in [-0.2, -0.15) is 0 Å². The Morgan fingerprint density at radius 2 is 1.18 bits per heavy atom. The maximum atomic E-state index is 13.0. The minimum absolute atomic E-state index is 0.648. The highest BCUT2D eigenvalue weighted by Crippen LogP contribution is 2.47. The number of allylic oxidation sites excluding steroid dienone is 2. The fraction of sp³-hybridized carbons (Fsp3) is 0.0962. The first-order valence-corrected chi connectivity index (χ1v) is 19.1. The number of fused-ring (bicyclic) bond motifs is 5. The van der Waals surface area contributed by atoms with Gasteiger partial charge >= 0.3 is 0 Å². The third kappa shape index (κ3) is 5.89. The second-order valence-electron chi connectivity index (χ2n) is 14.3. The van der Waals surface area contributed by atoms with Crippen molar-refractivity contribution in [1.82, 2.24) is 0 Å². The Morgan fingerprint density at radius 1 is 0.600 bits per heavy atom. The molecule has 0 aliphatic heterocycles. The fourth-order valence-electron chi connectivity index (χ4n) is 8.53. The van der Waals surface area contributed by atoms with E-state index in [1.165, 1.54) is 16.7 Å². The molecule has 0 aliphatic carbocycles. The number of aryl methyl sites for hydroxylation is 1. The molecule has 3 nitrogen and oxygen atoms in total. The molecule has 0 radical (unpaired) electrons. The van der Waals surface area contributed by atoms with Crippen molar-refractivity contribution < 1.29 is 9.21 Å². The fourth-order valence-corrected chi connectivity index (χ4v) is 8.53. The summed E-state index contributed by atoms with van der Waals surface area (Å²) in [4.78, 5) is 15.3. The predicted molar refractivity (Wildman–Crippen MR) is 232 cm³/mol. The SMILES string of the molecule is C/C=C(\CC)N(c1cc(-c2c3ccccc3c(-c3ccc4c(c3)oc3ccccc34)c3ccccc23)ccc1C=O)c1c(C)cccc1Cc1ccccc1. The van der Waals surface area contributed by atoms with Crippen molar-refractivity contribution >= 4 is 61.1 Å². The number of benzene rings is 8. The largest absolute Gasteiger partial charge is 0.456 e. The van der Waals surface area contributed by atoms with E-state index >= 15 is 0 Å². The van der Waals surface area contributed by atoms with Gasteiger partial charge in [0.05, 0.1) is 11.4 Å². The van der Waals surface area contributed by atoms with Crippen LogP contribution in [0.1, 0.15) is 47.3 Å². The first-order chi connectivity index (χ1) is 27.1. The molecule has 1 heterocycles. The zero-order valence-corrected chi connectivity index (χ0v) is 31.3. The molecule has 55 heavy (non-hydrogen) atoms. The molecule has 0 atom stereocenters. The summed E-state index contributed by atoms with van der Waals surface area (Å²) in [7, 11) is 0. The molecule has 0 N–H and O–H groups in total. The van der Waals surface area contributed by atoms with Crippen molar-refractivity contribution in [2.24, 2.45) is 0 Å². The topological polar surface area (TPSA) is 33.5 Å². The van der Waals surface area contributed by atoms with Gasteiger partial charge in [-0.25, -0.2) is 0 Å². The average Bonchev–Trinajstić information content (AvgIpc) is 3.60. The average molecular weight is 712 g/mol. The van der Waals surface area contributed by atoms with E-state index in [1.54, 1.807) is 0 Å². The first-order valence-electron chi connectivity index (χ1n) is 19.1. The Bertz CT molecular complexity index is 2880. The summed E-state index contributed by atoms with van der Waals surface area (Å²) in [5.74, 6) is 0. The van der Waals surface area contributed by atoms with Crippen LogP contribution in [0.3, 0.4) is 0 Å². The highest BCUT2D eigenvalue weighted by atomic mass is 16.3. The molecule has 0 fully saturated rings. The molecule has 0 saturated carbocycles. The lowest BCUT2D eigenvalue weighted by Gasteiger charge is -2.32. The van der Waals surface area contributed by atoms with Gasteiger partial charge in [-0.15, -0.1) is 0 Å². The first kappa shape index (κ1) is 34.1. The van der Waals surface area contributed by atoms with E-state index in [-0.39, 0.29) is 0 Å². The van der Waals surface area contributed by atoms with Gasteiger partial charge in [-0.05, 0) is 118 Å². The van der Waals surface area contributed by atoms with Gasteiger partial charge in [0, 0.05) is 22.0 Å². The van der Waals surface area contributed by atoms with E-state index < -0.39 is 0 Å². The van der Waals surface area contributed by atoms with E-state index in [1.807, 2.05) is 18.2 Å². The highest BCUT2D eigenvalue weighted by Gasteiger charge is 2.24. The lowest BCUT2D eigenvalue weighted by atomic mass is 9.85. The lowest BCUT2D eigenvalue weighted by molar-refractivity contribution is 0.112. The maximum absolute atomic E-state index is 13.0. The molecule has 9 aromatic rings. The van der Waals surface area contributed by atoms with Crippen molar-refractivity contribution in [3.63, 3.8) is 0 Å². The molecule has 0 spiro atoms. The zero-order valence-electron chi connectivity index (χ0n) is 31.3. The van der Waals surface area contributed by atoms with Gasteiger partial charge in [0.2, 0.25) is 0 Å². The second kappa shape index (κ2) is 14.3. The normalized spacial score (nSPS) is 11.9. The Balaban J connectivity index is 1.28. The molecule has 1 aromatic heterocycles. The van der Waals surface area contributed by atoms with Gasteiger partial charge < -0.3 is 9.32 Å². The molecule has 0 bridgehead atoms. The highest BCUT2D eigenvalue weighted by molar-refractivity contribution is 6.22. The molecule has 0 amide bonds. The number of furan rings is 1. The third-order valence-corrected chi connectivity index (χ3v) is 11.1. The molecule has 9 rings (SSSR count). The van der Waals surface area contributed by atoms with Crippen molar-refractivity contribution in [1.29, 1.82) is 0 Å². The summed E-state index contributed by atoms with van der Waals surface area (Å²) in [6, 6.07) is 55.7. The quantitative estimate of drug-likeness (QED) is 0.110. The van der Waals surface area contributed by atoms with Crippen LogP contribution in [-0.4, -0.2) is 6.29 Å². The van der Waals surface area contributed by atoms with Gasteiger partial charge in [-0.3, -0.25) is 4.79 Å². The van der Waals surface area contributed by atoms with Crippen molar-refractivity contribution in [3.8, 4) is 22.3 Å². The van der Waals surface area contributed by atoms with Crippen LogP contribution in [0.2, 0.25) is 0 Å². The number of carbonyl (C=O) groups is 1. The van der Waals surface area contributed by atoms with Crippen LogP contribution in [0.5, 0.6) is 0 Å². The van der Waals surface area contributed by atoms with Crippen LogP contribution in [-0.2, 0) is 6.42 Å². The van der Waals surface area contributed by atoms with E-state index in [0.717, 1.165) is 102 Å². The van der Waals surface area contributed by atoms with Gasteiger partial charge in [-0.1, -0.05) is 140 Å². The van der Waals surface area contributed by atoms with Crippen LogP contribution in [0.4, 0.5) is 11.4 Å². The minimum Gasteiger partial charge on any atom is -0.456 e. The standard InChI is InChI=1S/C52H41NO2/c1-4-40(5-2)53(52-34(3)16-15-19-38(52)30-35-17-7-6-8-18-35)47-31-36(26-27-39(47)33-54)50-43-21-9-11-23-45(43)51(46-24-12-10-22-44(46)50)37-28-29-42-41-20-13-14-25-48(41)55-49(42)32-37/h4,6-29,31-33H,5,30H2,1-3H3/b40-4+. The molecule has 0 aliphatic rings. The van der Waals surface area contributed by atoms with Crippen molar-refractivity contribution in [3.05, 3.63) is 192 Å². The third-order valence-electron chi connectivity index (χ3n) is 11.1. The minimum atomic E-state index is 0.648. The van der Waals surface area contributed by atoms with Crippen LogP contribution >= 0.6 is 0 Å². The van der Waals surface area contributed by atoms with Crippen LogP contribution < -0.4 is 4.90 Å². The van der Waals surface area contributed by atoms with Crippen molar-refractivity contribution in [2.75, 3.05) is 4.90 Å². The number of hydrogen-bond donors (Lipinski definition) is 0. The number of nitrogens with zero attached hydrogens (tertiary/aromatic N) is 1. The smallest absolute Gasteiger partial charge is 0.152 e. The summed E-state index contributed by atoms with van der Waals surface area (Å²) >= 11 is 0. The van der Waals surface area contributed by atoms with E-state index in [4.69, 9.17) is 4.42 Å². The number of carbonyl (C=O) groups excluding carboxylic acids is 1. The molecule has 8 aromatic carbocycles. The number of hydrogen-bond acceptors (Lipinski definition) is 3. The summed E-state index contributed by atoms with van der Waals surface area (Å²) in [5, 5.41) is 6.87. The van der Waals surface area contributed by atoms with E-state index in [2.05, 4.69) is 171 Å². The summed E-state index contributed by atoms with van der Waals surface area (Å²) in [6.45, 7) is 6.45. The number of rotatable bonds is 9. The summed E-state index contributed by atoms with van der Waals surface area (Å²) < 4.78 is 6.38. The van der Waals surface area contributed by atoms with Gasteiger partial charge in [0.1, 0.15) is 11.2 Å². The lowest BCUT2D eigenvalue weighted by Crippen LogP contribution is -2.20. The maximum Gasteiger partial charge on any atom is 0.152 e. The molecule has 3 heteroatoms.